The van der Waals surface area contributed by atoms with Gasteiger partial charge >= 0.3 is 6.18 Å². The zero-order chi connectivity index (χ0) is 14.6. The van der Waals surface area contributed by atoms with Crippen molar-refractivity contribution in [2.75, 3.05) is 7.05 Å². The van der Waals surface area contributed by atoms with Crippen LogP contribution in [0.3, 0.4) is 0 Å². The first-order chi connectivity index (χ1) is 9.50. The molecule has 0 aliphatic heterocycles. The van der Waals surface area contributed by atoms with Crippen molar-refractivity contribution in [3.05, 3.63) is 59.7 Å². The van der Waals surface area contributed by atoms with E-state index in [1.807, 2.05) is 30.3 Å². The maximum atomic E-state index is 12.6. The molecule has 20 heavy (non-hydrogen) atoms. The lowest BCUT2D eigenvalue weighted by molar-refractivity contribution is -0.141. The van der Waals surface area contributed by atoms with Gasteiger partial charge in [-0.1, -0.05) is 30.3 Å². The summed E-state index contributed by atoms with van der Waals surface area (Å²) in [4.78, 5) is 7.50. The standard InChI is InChI=1S/C14H14F3N3/c1-18-11(10-5-3-2-4-6-10)9-13-19-8-7-12(20-13)14(15,16)17/h2-8,11,18H,9H2,1H3. The summed E-state index contributed by atoms with van der Waals surface area (Å²) in [5.74, 6) is 0.169. The Morgan fingerprint density at radius 2 is 1.85 bits per heavy atom. The fourth-order valence-electron chi connectivity index (χ4n) is 1.91. The maximum absolute atomic E-state index is 12.6. The highest BCUT2D eigenvalue weighted by molar-refractivity contribution is 5.20. The van der Waals surface area contributed by atoms with Gasteiger partial charge in [0.2, 0.25) is 0 Å². The molecule has 0 aliphatic carbocycles. The molecule has 1 unspecified atom stereocenters. The summed E-state index contributed by atoms with van der Waals surface area (Å²) in [6.45, 7) is 0. The van der Waals surface area contributed by atoms with Gasteiger partial charge in [0.15, 0.2) is 0 Å². The van der Waals surface area contributed by atoms with Gasteiger partial charge in [0.1, 0.15) is 11.5 Å². The largest absolute Gasteiger partial charge is 0.433 e. The molecule has 1 aromatic heterocycles. The van der Waals surface area contributed by atoms with Crippen LogP contribution in [0.2, 0.25) is 0 Å². The van der Waals surface area contributed by atoms with Crippen LogP contribution in [-0.4, -0.2) is 17.0 Å². The van der Waals surface area contributed by atoms with E-state index in [9.17, 15) is 13.2 Å². The van der Waals surface area contributed by atoms with Crippen molar-refractivity contribution >= 4 is 0 Å². The molecule has 0 spiro atoms. The predicted molar refractivity (Wildman–Crippen MR) is 69.0 cm³/mol. The third kappa shape index (κ3) is 3.54. The summed E-state index contributed by atoms with van der Waals surface area (Å²) >= 11 is 0. The van der Waals surface area contributed by atoms with E-state index < -0.39 is 11.9 Å². The highest BCUT2D eigenvalue weighted by Gasteiger charge is 2.32. The number of aromatic nitrogens is 2. The lowest BCUT2D eigenvalue weighted by atomic mass is 10.0. The minimum absolute atomic E-state index is 0.125. The van der Waals surface area contributed by atoms with Crippen LogP contribution in [0, 0.1) is 0 Å². The van der Waals surface area contributed by atoms with Crippen molar-refractivity contribution in [2.45, 2.75) is 18.6 Å². The zero-order valence-corrected chi connectivity index (χ0v) is 10.9. The van der Waals surface area contributed by atoms with Gasteiger partial charge in [-0.25, -0.2) is 9.97 Å². The summed E-state index contributed by atoms with van der Waals surface area (Å²) in [5, 5.41) is 3.06. The first-order valence-electron chi connectivity index (χ1n) is 6.12. The van der Waals surface area contributed by atoms with Crippen LogP contribution in [0.4, 0.5) is 13.2 Å². The number of hydrogen-bond donors (Lipinski definition) is 1. The number of halogens is 3. The topological polar surface area (TPSA) is 37.8 Å². The second-order valence-corrected chi connectivity index (χ2v) is 4.31. The number of benzene rings is 1. The van der Waals surface area contributed by atoms with E-state index in [2.05, 4.69) is 15.3 Å². The first-order valence-corrected chi connectivity index (χ1v) is 6.12. The van der Waals surface area contributed by atoms with Gasteiger partial charge in [-0.3, -0.25) is 0 Å². The molecule has 0 bridgehead atoms. The Morgan fingerprint density at radius 1 is 1.15 bits per heavy atom. The molecule has 1 heterocycles. The third-order valence-electron chi connectivity index (χ3n) is 2.93. The van der Waals surface area contributed by atoms with Crippen molar-refractivity contribution in [2.24, 2.45) is 0 Å². The van der Waals surface area contributed by atoms with E-state index in [0.29, 0.717) is 6.42 Å². The van der Waals surface area contributed by atoms with Crippen LogP contribution in [-0.2, 0) is 12.6 Å². The molecule has 0 saturated heterocycles. The summed E-state index contributed by atoms with van der Waals surface area (Å²) in [6, 6.07) is 10.2. The smallest absolute Gasteiger partial charge is 0.313 e. The Balaban J connectivity index is 2.20. The quantitative estimate of drug-likeness (QED) is 0.936. The van der Waals surface area contributed by atoms with Crippen LogP contribution >= 0.6 is 0 Å². The maximum Gasteiger partial charge on any atom is 0.433 e. The minimum Gasteiger partial charge on any atom is -0.313 e. The third-order valence-corrected chi connectivity index (χ3v) is 2.93. The second kappa shape index (κ2) is 6.00. The van der Waals surface area contributed by atoms with Crippen LogP contribution in [0.1, 0.15) is 23.1 Å². The Morgan fingerprint density at radius 3 is 2.45 bits per heavy atom. The molecule has 106 valence electrons. The first kappa shape index (κ1) is 14.5. The lowest BCUT2D eigenvalue weighted by Gasteiger charge is -2.16. The normalized spacial score (nSPS) is 13.2. The van der Waals surface area contributed by atoms with Crippen LogP contribution < -0.4 is 5.32 Å². The van der Waals surface area contributed by atoms with E-state index in [0.717, 1.165) is 17.8 Å². The van der Waals surface area contributed by atoms with Crippen molar-refractivity contribution < 1.29 is 13.2 Å². The van der Waals surface area contributed by atoms with Crippen molar-refractivity contribution in [3.8, 4) is 0 Å². The van der Waals surface area contributed by atoms with Gasteiger partial charge in [-0.2, -0.15) is 13.2 Å². The Kier molecular flexibility index (Phi) is 4.34. The number of nitrogens with zero attached hydrogens (tertiary/aromatic N) is 2. The number of hydrogen-bond acceptors (Lipinski definition) is 3. The number of alkyl halides is 3. The molecule has 3 nitrogen and oxygen atoms in total. The molecule has 0 amide bonds. The van der Waals surface area contributed by atoms with Crippen molar-refractivity contribution in [1.29, 1.82) is 0 Å². The summed E-state index contributed by atoms with van der Waals surface area (Å²) in [5.41, 5.74) is 0.0708. The molecule has 0 saturated carbocycles. The van der Waals surface area contributed by atoms with Crippen LogP contribution in [0.5, 0.6) is 0 Å². The van der Waals surface area contributed by atoms with E-state index in [1.165, 1.54) is 0 Å². The summed E-state index contributed by atoms with van der Waals surface area (Å²) in [7, 11) is 1.76. The predicted octanol–water partition coefficient (Wildman–Crippen LogP) is 3.00. The Hall–Kier alpha value is -1.95. The minimum atomic E-state index is -4.44. The number of nitrogens with one attached hydrogen (secondary N) is 1. The van der Waals surface area contributed by atoms with E-state index in [1.54, 1.807) is 7.05 Å². The van der Waals surface area contributed by atoms with Crippen molar-refractivity contribution in [1.82, 2.24) is 15.3 Å². The molecule has 1 atom stereocenters. The second-order valence-electron chi connectivity index (χ2n) is 4.31. The van der Waals surface area contributed by atoms with Gasteiger partial charge < -0.3 is 5.32 Å². The molecule has 2 aromatic rings. The summed E-state index contributed by atoms with van der Waals surface area (Å²) < 4.78 is 37.8. The molecule has 1 aromatic carbocycles. The Labute approximate surface area is 114 Å². The zero-order valence-electron chi connectivity index (χ0n) is 10.9. The molecule has 0 fully saturated rings. The van der Waals surface area contributed by atoms with Gasteiger partial charge in [0.05, 0.1) is 0 Å². The van der Waals surface area contributed by atoms with Crippen LogP contribution in [0.15, 0.2) is 42.6 Å². The fraction of sp³-hybridized carbons (Fsp3) is 0.286. The molecule has 6 heteroatoms. The van der Waals surface area contributed by atoms with E-state index >= 15 is 0 Å². The molecular formula is C14H14F3N3. The van der Waals surface area contributed by atoms with Crippen molar-refractivity contribution in [3.63, 3.8) is 0 Å². The molecule has 0 radical (unpaired) electrons. The number of rotatable bonds is 4. The highest BCUT2D eigenvalue weighted by atomic mass is 19.4. The molecular weight excluding hydrogens is 267 g/mol. The highest BCUT2D eigenvalue weighted by Crippen LogP contribution is 2.27. The van der Waals surface area contributed by atoms with Gasteiger partial charge in [-0.05, 0) is 18.7 Å². The van der Waals surface area contributed by atoms with Gasteiger partial charge in [0, 0.05) is 18.7 Å². The summed E-state index contributed by atoms with van der Waals surface area (Å²) in [6.07, 6.45) is -3.01. The van der Waals surface area contributed by atoms with Gasteiger partial charge in [0.25, 0.3) is 0 Å². The van der Waals surface area contributed by atoms with E-state index in [-0.39, 0.29) is 11.9 Å². The number of likely N-dealkylation sites (N-methyl/N-ethyl adjacent to an activating group) is 1. The molecule has 1 N–H and O–H groups in total. The average molecular weight is 281 g/mol. The fourth-order valence-corrected chi connectivity index (χ4v) is 1.91. The Bertz CT molecular complexity index is 555. The van der Waals surface area contributed by atoms with E-state index in [4.69, 9.17) is 0 Å². The van der Waals surface area contributed by atoms with Crippen LogP contribution in [0.25, 0.3) is 0 Å². The molecule has 0 aliphatic rings. The monoisotopic (exact) mass is 281 g/mol. The SMILES string of the molecule is CNC(Cc1nccc(C(F)(F)F)n1)c1ccccc1. The molecule has 2 rings (SSSR count). The average Bonchev–Trinajstić information content (AvgIpc) is 2.45. The lowest BCUT2D eigenvalue weighted by Crippen LogP contribution is -2.20. The van der Waals surface area contributed by atoms with Gasteiger partial charge in [-0.15, -0.1) is 0 Å².